The van der Waals surface area contributed by atoms with Crippen molar-refractivity contribution in [1.82, 2.24) is 10.2 Å². The Labute approximate surface area is 76.3 Å². The van der Waals surface area contributed by atoms with Gasteiger partial charge in [0.1, 0.15) is 0 Å². The topological polar surface area (TPSA) is 15.3 Å². The van der Waals surface area contributed by atoms with E-state index in [1.165, 1.54) is 45.4 Å². The highest BCUT2D eigenvalue weighted by Crippen LogP contribution is 2.17. The van der Waals surface area contributed by atoms with Crippen LogP contribution in [0.1, 0.15) is 33.1 Å². The van der Waals surface area contributed by atoms with Gasteiger partial charge in [0.2, 0.25) is 0 Å². The lowest BCUT2D eigenvalue weighted by Gasteiger charge is -2.40. The number of hydrogen-bond donors (Lipinski definition) is 1. The zero-order valence-corrected chi connectivity index (χ0v) is 8.47. The van der Waals surface area contributed by atoms with Crippen molar-refractivity contribution >= 4 is 0 Å². The normalized spacial score (nSPS) is 25.5. The average molecular weight is 170 g/mol. The minimum absolute atomic E-state index is 0.926. The van der Waals surface area contributed by atoms with Crippen molar-refractivity contribution in [3.63, 3.8) is 0 Å². The smallest absolute Gasteiger partial charge is 0.0119 e. The summed E-state index contributed by atoms with van der Waals surface area (Å²) in [6.07, 6.45) is 4.18. The van der Waals surface area contributed by atoms with E-state index in [0.717, 1.165) is 6.04 Å². The van der Waals surface area contributed by atoms with E-state index in [-0.39, 0.29) is 0 Å². The molecule has 2 aliphatic heterocycles. The molecule has 2 aliphatic rings. The van der Waals surface area contributed by atoms with Crippen LogP contribution >= 0.6 is 0 Å². The first kappa shape index (κ1) is 10.0. The lowest BCUT2D eigenvalue weighted by molar-refractivity contribution is 0.0957. The third-order valence-electron chi connectivity index (χ3n) is 2.72. The van der Waals surface area contributed by atoms with Gasteiger partial charge in [-0.15, -0.1) is 0 Å². The molecule has 1 N–H and O–H groups in total. The van der Waals surface area contributed by atoms with Gasteiger partial charge < -0.3 is 10.2 Å². The maximum absolute atomic E-state index is 3.39. The molecule has 0 radical (unpaired) electrons. The fraction of sp³-hybridized carbons (Fsp3) is 1.00. The fourth-order valence-corrected chi connectivity index (χ4v) is 1.88. The Morgan fingerprint density at radius 2 is 1.67 bits per heavy atom. The Morgan fingerprint density at radius 1 is 1.08 bits per heavy atom. The molecule has 2 heterocycles. The van der Waals surface area contributed by atoms with Crippen LogP contribution in [-0.4, -0.2) is 37.1 Å². The van der Waals surface area contributed by atoms with Gasteiger partial charge in [0, 0.05) is 6.04 Å². The van der Waals surface area contributed by atoms with Gasteiger partial charge in [0.25, 0.3) is 0 Å². The van der Waals surface area contributed by atoms with Gasteiger partial charge >= 0.3 is 0 Å². The van der Waals surface area contributed by atoms with Crippen LogP contribution in [0.3, 0.4) is 0 Å². The first-order valence-corrected chi connectivity index (χ1v) is 5.41. The molecule has 0 unspecified atom stereocenters. The van der Waals surface area contributed by atoms with E-state index < -0.39 is 0 Å². The second-order valence-corrected chi connectivity index (χ2v) is 3.37. The van der Waals surface area contributed by atoms with E-state index in [1.807, 2.05) is 13.8 Å². The summed E-state index contributed by atoms with van der Waals surface area (Å²) in [5.74, 6) is 0. The van der Waals surface area contributed by atoms with E-state index in [2.05, 4.69) is 10.2 Å². The molecule has 2 fully saturated rings. The van der Waals surface area contributed by atoms with Crippen molar-refractivity contribution in [1.29, 1.82) is 0 Å². The number of hydrogen-bond acceptors (Lipinski definition) is 2. The highest BCUT2D eigenvalue weighted by molar-refractivity contribution is 4.82. The Kier molecular flexibility index (Phi) is 4.62. The summed E-state index contributed by atoms with van der Waals surface area (Å²) in [7, 11) is 0. The number of rotatable bonds is 1. The predicted molar refractivity (Wildman–Crippen MR) is 53.4 cm³/mol. The van der Waals surface area contributed by atoms with Crippen molar-refractivity contribution in [3.05, 3.63) is 0 Å². The van der Waals surface area contributed by atoms with Crippen molar-refractivity contribution in [3.8, 4) is 0 Å². The Bertz CT molecular complexity index is 104. The quantitative estimate of drug-likeness (QED) is 0.641. The van der Waals surface area contributed by atoms with Crippen LogP contribution in [0.4, 0.5) is 0 Å². The fourth-order valence-electron chi connectivity index (χ4n) is 1.88. The summed E-state index contributed by atoms with van der Waals surface area (Å²) < 4.78 is 0. The van der Waals surface area contributed by atoms with Crippen LogP contribution < -0.4 is 5.32 Å². The van der Waals surface area contributed by atoms with Gasteiger partial charge in [-0.2, -0.15) is 0 Å². The molecule has 0 aromatic heterocycles. The zero-order valence-electron chi connectivity index (χ0n) is 8.47. The lowest BCUT2D eigenvalue weighted by atomic mass is 10.0. The molecule has 0 aromatic carbocycles. The van der Waals surface area contributed by atoms with Gasteiger partial charge in [0.15, 0.2) is 0 Å². The minimum atomic E-state index is 0.926. The summed E-state index contributed by atoms with van der Waals surface area (Å²) in [5.41, 5.74) is 0. The first-order valence-electron chi connectivity index (χ1n) is 5.41. The van der Waals surface area contributed by atoms with Crippen LogP contribution in [0.15, 0.2) is 0 Å². The first-order chi connectivity index (χ1) is 5.97. The van der Waals surface area contributed by atoms with Crippen molar-refractivity contribution in [2.75, 3.05) is 26.2 Å². The summed E-state index contributed by atoms with van der Waals surface area (Å²) >= 11 is 0. The molecule has 0 aliphatic carbocycles. The molecule has 0 amide bonds. The van der Waals surface area contributed by atoms with E-state index in [1.54, 1.807) is 0 Å². The van der Waals surface area contributed by atoms with E-state index in [9.17, 15) is 0 Å². The monoisotopic (exact) mass is 170 g/mol. The maximum atomic E-state index is 3.39. The third-order valence-corrected chi connectivity index (χ3v) is 2.72. The zero-order chi connectivity index (χ0) is 8.81. The van der Waals surface area contributed by atoms with Crippen molar-refractivity contribution < 1.29 is 0 Å². The molecule has 2 nitrogen and oxygen atoms in total. The van der Waals surface area contributed by atoms with E-state index in [0.29, 0.717) is 0 Å². The Hall–Kier alpha value is -0.0800. The summed E-state index contributed by atoms with van der Waals surface area (Å²) in [6, 6.07) is 0.926. The molecule has 0 bridgehead atoms. The Balaban J connectivity index is 0.000000336. The second-order valence-electron chi connectivity index (χ2n) is 3.37. The molecule has 2 heteroatoms. The molecule has 0 atom stereocenters. The van der Waals surface area contributed by atoms with Crippen LogP contribution in [0.5, 0.6) is 0 Å². The van der Waals surface area contributed by atoms with Gasteiger partial charge in [-0.05, 0) is 45.4 Å². The highest BCUT2D eigenvalue weighted by Gasteiger charge is 2.24. The number of nitrogens with zero attached hydrogens (tertiary/aromatic N) is 1. The largest absolute Gasteiger partial charge is 0.317 e. The molecule has 0 spiro atoms. The van der Waals surface area contributed by atoms with Gasteiger partial charge in [-0.3, -0.25) is 0 Å². The molecule has 2 saturated heterocycles. The average Bonchev–Trinajstić information content (AvgIpc) is 2.07. The van der Waals surface area contributed by atoms with E-state index in [4.69, 9.17) is 0 Å². The molecular formula is C10H22N2. The van der Waals surface area contributed by atoms with Gasteiger partial charge in [-0.1, -0.05) is 13.8 Å². The summed E-state index contributed by atoms with van der Waals surface area (Å²) in [5, 5.41) is 3.39. The number of likely N-dealkylation sites (tertiary alicyclic amines) is 1. The molecule has 12 heavy (non-hydrogen) atoms. The van der Waals surface area contributed by atoms with Gasteiger partial charge in [-0.25, -0.2) is 0 Å². The molecule has 72 valence electrons. The highest BCUT2D eigenvalue weighted by atomic mass is 15.2. The van der Waals surface area contributed by atoms with Crippen molar-refractivity contribution in [2.45, 2.75) is 39.2 Å². The summed E-state index contributed by atoms with van der Waals surface area (Å²) in [4.78, 5) is 2.63. The number of nitrogens with one attached hydrogen (secondary N) is 1. The van der Waals surface area contributed by atoms with Gasteiger partial charge in [0.05, 0.1) is 0 Å². The maximum Gasteiger partial charge on any atom is 0.0119 e. The number of piperidine rings is 1. The SMILES string of the molecule is C1CN(C2CCNCC2)C1.CC. The van der Waals surface area contributed by atoms with Crippen LogP contribution in [0, 0.1) is 0 Å². The Morgan fingerprint density at radius 3 is 2.08 bits per heavy atom. The third kappa shape index (κ3) is 2.46. The lowest BCUT2D eigenvalue weighted by Crippen LogP contribution is -2.49. The van der Waals surface area contributed by atoms with Crippen LogP contribution in [-0.2, 0) is 0 Å². The standard InChI is InChI=1S/C8H16N2.C2H6/c1-6-10(7-1)8-2-4-9-5-3-8;1-2/h8-9H,1-7H2;1-2H3. The second kappa shape index (κ2) is 5.55. The minimum Gasteiger partial charge on any atom is -0.317 e. The molecular weight excluding hydrogens is 148 g/mol. The van der Waals surface area contributed by atoms with Crippen LogP contribution in [0.2, 0.25) is 0 Å². The molecule has 2 rings (SSSR count). The molecule has 0 saturated carbocycles. The van der Waals surface area contributed by atoms with E-state index >= 15 is 0 Å². The molecule has 0 aromatic rings. The summed E-state index contributed by atoms with van der Waals surface area (Å²) in [6.45, 7) is 9.21. The predicted octanol–water partition coefficient (Wildman–Crippen LogP) is 1.47. The van der Waals surface area contributed by atoms with Crippen LogP contribution in [0.25, 0.3) is 0 Å². The van der Waals surface area contributed by atoms with Crippen molar-refractivity contribution in [2.24, 2.45) is 0 Å².